The molecule has 0 spiro atoms. The van der Waals surface area contributed by atoms with Crippen molar-refractivity contribution in [3.05, 3.63) is 69.9 Å². The molecule has 4 rings (SSSR count). The van der Waals surface area contributed by atoms with Crippen LogP contribution in [0.15, 0.2) is 41.5 Å². The summed E-state index contributed by atoms with van der Waals surface area (Å²) in [7, 11) is 0. The number of halogens is 6. The van der Waals surface area contributed by atoms with Crippen LogP contribution in [0.2, 0.25) is 0 Å². The summed E-state index contributed by atoms with van der Waals surface area (Å²) in [6, 6.07) is 3.37. The number of benzene rings is 1. The Balaban J connectivity index is 1.27. The molecule has 3 aromatic rings. The van der Waals surface area contributed by atoms with Crippen LogP contribution in [0.25, 0.3) is 0 Å². The minimum atomic E-state index is -4.99. The van der Waals surface area contributed by atoms with Crippen molar-refractivity contribution >= 4 is 23.4 Å². The predicted octanol–water partition coefficient (Wildman–Crippen LogP) is 3.17. The number of amides is 3. The lowest BCUT2D eigenvalue weighted by atomic mass is 10.0. The number of likely N-dealkylation sites (tertiary alicyclic amines) is 1. The molecule has 18 heteroatoms. The van der Waals surface area contributed by atoms with Crippen LogP contribution in [0.5, 0.6) is 5.75 Å². The summed E-state index contributed by atoms with van der Waals surface area (Å²) in [5, 5.41) is 11.6. The van der Waals surface area contributed by atoms with E-state index in [1.807, 2.05) is 6.92 Å². The van der Waals surface area contributed by atoms with Crippen molar-refractivity contribution < 1.29 is 45.5 Å². The molecule has 0 radical (unpaired) electrons. The zero-order chi connectivity index (χ0) is 33.6. The zero-order valence-corrected chi connectivity index (χ0v) is 24.3. The van der Waals surface area contributed by atoms with Gasteiger partial charge in [0.15, 0.2) is 5.69 Å². The topological polar surface area (TPSA) is 140 Å². The van der Waals surface area contributed by atoms with Crippen LogP contribution in [0.3, 0.4) is 0 Å². The fraction of sp³-hybridized carbons (Fsp3) is 0.429. The number of rotatable bonds is 10. The Labute approximate surface area is 257 Å². The molecule has 0 saturated carbocycles. The Morgan fingerprint density at radius 3 is 2.65 bits per heavy atom. The second-order valence-electron chi connectivity index (χ2n) is 10.7. The average Bonchev–Trinajstić information content (AvgIpc) is 3.46. The fourth-order valence-corrected chi connectivity index (χ4v) is 4.73. The van der Waals surface area contributed by atoms with Crippen molar-refractivity contribution in [1.82, 2.24) is 29.8 Å². The molecule has 2 aromatic heterocycles. The quantitative estimate of drug-likeness (QED) is 0.252. The number of hydrogen-bond donors (Lipinski definition) is 2. The number of piperidine rings is 1. The third kappa shape index (κ3) is 9.07. The summed E-state index contributed by atoms with van der Waals surface area (Å²) >= 11 is 0. The largest absolute Gasteiger partial charge is 0.573 e. The Morgan fingerprint density at radius 2 is 1.93 bits per heavy atom. The molecule has 248 valence electrons. The molecule has 1 aliphatic heterocycles. The van der Waals surface area contributed by atoms with E-state index in [0.717, 1.165) is 58.7 Å². The van der Waals surface area contributed by atoms with E-state index in [4.69, 9.17) is 0 Å². The first-order chi connectivity index (χ1) is 21.7. The van der Waals surface area contributed by atoms with Gasteiger partial charge in [-0.25, -0.2) is 13.5 Å². The maximum absolute atomic E-state index is 14.7. The SMILES string of the molecule is C[C@H]1CCCN(C(=O)C(=O)Nc2ccn(CCC(F)Cn3cc(C(=O)NCc4cc(OC(F)(F)F)ccc4F)nn3)c(=O)c2F)C1. The second kappa shape index (κ2) is 14.5. The highest BCUT2D eigenvalue weighted by Gasteiger charge is 2.31. The van der Waals surface area contributed by atoms with Gasteiger partial charge in [0.05, 0.1) is 18.4 Å². The average molecular weight is 658 g/mol. The summed E-state index contributed by atoms with van der Waals surface area (Å²) in [6.45, 7) is 1.56. The number of aromatic nitrogens is 4. The predicted molar refractivity (Wildman–Crippen MR) is 148 cm³/mol. The lowest BCUT2D eigenvalue weighted by molar-refractivity contribution is -0.274. The van der Waals surface area contributed by atoms with Crippen LogP contribution in [0.1, 0.15) is 42.2 Å². The minimum Gasteiger partial charge on any atom is -0.406 e. The van der Waals surface area contributed by atoms with Crippen LogP contribution in [0, 0.1) is 17.6 Å². The maximum atomic E-state index is 14.7. The standard InChI is InChI=1S/C28H29F6N7O5/c1-16-3-2-8-40(13-16)27(45)25(43)36-21-7-10-39(26(44)23(21)31)9-6-18(29)14-41-15-22(37-38-41)24(42)35-12-17-11-19(4-5-20(17)30)46-28(32,33)34/h4-5,7,10-11,15-16,18H,2-3,6,8-9,12-14H2,1H3,(H,35,42)(H,36,43)/t16-,18?/m0/s1. The molecule has 1 aromatic carbocycles. The molecule has 3 amide bonds. The molecule has 1 saturated heterocycles. The van der Waals surface area contributed by atoms with Gasteiger partial charge < -0.3 is 24.8 Å². The van der Waals surface area contributed by atoms with Crippen molar-refractivity contribution in [1.29, 1.82) is 0 Å². The van der Waals surface area contributed by atoms with Gasteiger partial charge in [0.2, 0.25) is 5.82 Å². The molecular formula is C28H29F6N7O5. The van der Waals surface area contributed by atoms with Crippen molar-refractivity contribution in [3.63, 3.8) is 0 Å². The fourth-order valence-electron chi connectivity index (χ4n) is 4.73. The highest BCUT2D eigenvalue weighted by molar-refractivity contribution is 6.39. The van der Waals surface area contributed by atoms with Gasteiger partial charge in [-0.1, -0.05) is 12.1 Å². The number of carbonyl (C=O) groups excluding carboxylic acids is 3. The first kappa shape index (κ1) is 34.0. The number of aryl methyl sites for hydroxylation is 1. The van der Waals surface area contributed by atoms with Crippen molar-refractivity contribution in [2.45, 2.75) is 58.4 Å². The number of pyridine rings is 1. The van der Waals surface area contributed by atoms with Gasteiger partial charge in [0.1, 0.15) is 17.7 Å². The number of ether oxygens (including phenoxy) is 1. The van der Waals surface area contributed by atoms with Gasteiger partial charge in [-0.3, -0.25) is 19.2 Å². The van der Waals surface area contributed by atoms with E-state index in [2.05, 4.69) is 25.7 Å². The molecule has 2 N–H and O–H groups in total. The van der Waals surface area contributed by atoms with Crippen molar-refractivity contribution in [3.8, 4) is 5.75 Å². The molecule has 0 bridgehead atoms. The van der Waals surface area contributed by atoms with Crippen molar-refractivity contribution in [2.75, 3.05) is 18.4 Å². The summed E-state index contributed by atoms with van der Waals surface area (Å²) in [4.78, 5) is 51.0. The van der Waals surface area contributed by atoms with E-state index in [1.54, 1.807) is 0 Å². The number of hydrogen-bond acceptors (Lipinski definition) is 7. The monoisotopic (exact) mass is 657 g/mol. The second-order valence-corrected chi connectivity index (χ2v) is 10.7. The third-order valence-corrected chi connectivity index (χ3v) is 7.02. The lowest BCUT2D eigenvalue weighted by Gasteiger charge is -2.30. The van der Waals surface area contributed by atoms with E-state index in [-0.39, 0.29) is 30.1 Å². The summed E-state index contributed by atoms with van der Waals surface area (Å²) in [5.74, 6) is -5.45. The molecule has 1 unspecified atom stereocenters. The molecule has 2 atom stereocenters. The Hall–Kier alpha value is -4.90. The molecule has 1 aliphatic rings. The van der Waals surface area contributed by atoms with E-state index >= 15 is 0 Å². The Kier molecular flexibility index (Phi) is 10.7. The molecule has 3 heterocycles. The van der Waals surface area contributed by atoms with Crippen LogP contribution >= 0.6 is 0 Å². The summed E-state index contributed by atoms with van der Waals surface area (Å²) in [6.07, 6.45) is -3.03. The highest BCUT2D eigenvalue weighted by Crippen LogP contribution is 2.25. The molecule has 46 heavy (non-hydrogen) atoms. The van der Waals surface area contributed by atoms with Crippen LogP contribution < -0.4 is 20.9 Å². The highest BCUT2D eigenvalue weighted by atomic mass is 19.4. The first-order valence-corrected chi connectivity index (χ1v) is 14.1. The van der Waals surface area contributed by atoms with Crippen LogP contribution in [0.4, 0.5) is 32.0 Å². The molecule has 0 aliphatic carbocycles. The molecule has 1 fully saturated rings. The van der Waals surface area contributed by atoms with Crippen LogP contribution in [-0.4, -0.2) is 67.8 Å². The Morgan fingerprint density at radius 1 is 1.17 bits per heavy atom. The molecule has 12 nitrogen and oxygen atoms in total. The maximum Gasteiger partial charge on any atom is 0.573 e. The van der Waals surface area contributed by atoms with Gasteiger partial charge in [-0.05, 0) is 49.4 Å². The number of nitrogens with one attached hydrogen (secondary N) is 2. The van der Waals surface area contributed by atoms with Gasteiger partial charge in [-0.2, -0.15) is 4.39 Å². The van der Waals surface area contributed by atoms with Gasteiger partial charge >= 0.3 is 18.2 Å². The van der Waals surface area contributed by atoms with E-state index in [9.17, 15) is 45.5 Å². The van der Waals surface area contributed by atoms with E-state index in [0.29, 0.717) is 13.1 Å². The first-order valence-electron chi connectivity index (χ1n) is 14.1. The van der Waals surface area contributed by atoms with Gasteiger partial charge in [0.25, 0.3) is 11.5 Å². The van der Waals surface area contributed by atoms with Crippen LogP contribution in [-0.2, 0) is 29.2 Å². The molecular weight excluding hydrogens is 628 g/mol. The number of alkyl halides is 4. The number of nitrogens with zero attached hydrogens (tertiary/aromatic N) is 5. The Bertz CT molecular complexity index is 1640. The minimum absolute atomic E-state index is 0.221. The summed E-state index contributed by atoms with van der Waals surface area (Å²) in [5.41, 5.74) is -2.22. The summed E-state index contributed by atoms with van der Waals surface area (Å²) < 4.78 is 86.3. The number of carbonyl (C=O) groups is 3. The normalized spacial score (nSPS) is 15.7. The lowest BCUT2D eigenvalue weighted by Crippen LogP contribution is -2.45. The van der Waals surface area contributed by atoms with Gasteiger partial charge in [-0.15, -0.1) is 18.3 Å². The van der Waals surface area contributed by atoms with Gasteiger partial charge in [0, 0.05) is 37.9 Å². The zero-order valence-electron chi connectivity index (χ0n) is 24.3. The smallest absolute Gasteiger partial charge is 0.406 e. The van der Waals surface area contributed by atoms with E-state index < -0.39 is 72.0 Å². The van der Waals surface area contributed by atoms with E-state index in [1.165, 1.54) is 4.90 Å². The number of anilines is 1. The third-order valence-electron chi connectivity index (χ3n) is 7.02. The van der Waals surface area contributed by atoms with Crippen molar-refractivity contribution in [2.24, 2.45) is 5.92 Å².